The molecule has 2 aromatic carbocycles. The molecular weight excluding hydrogens is 496 g/mol. The first kappa shape index (κ1) is 23.4. The van der Waals surface area contributed by atoms with Crippen LogP contribution in [0.4, 0.5) is 0 Å². The van der Waals surface area contributed by atoms with E-state index < -0.39 is 0 Å². The molecular formula is C27H26N2O5S2. The number of thiophene rings is 1. The zero-order valence-corrected chi connectivity index (χ0v) is 22.0. The third-order valence-electron chi connectivity index (χ3n) is 6.86. The van der Waals surface area contributed by atoms with Gasteiger partial charge in [0.05, 0.1) is 30.4 Å². The van der Waals surface area contributed by atoms with Crippen molar-refractivity contribution in [3.8, 4) is 22.9 Å². The van der Waals surface area contributed by atoms with E-state index in [9.17, 15) is 4.79 Å². The number of hydrogen-bond donors (Lipinski definition) is 0. The van der Waals surface area contributed by atoms with Crippen molar-refractivity contribution in [1.29, 1.82) is 0 Å². The van der Waals surface area contributed by atoms with Crippen molar-refractivity contribution < 1.29 is 18.9 Å². The lowest BCUT2D eigenvalue weighted by atomic mass is 9.90. The fourth-order valence-corrected chi connectivity index (χ4v) is 6.66. The van der Waals surface area contributed by atoms with E-state index in [0.29, 0.717) is 29.3 Å². The lowest BCUT2D eigenvalue weighted by Crippen LogP contribution is -2.34. The molecule has 6 rings (SSSR count). The molecule has 0 unspecified atom stereocenters. The van der Waals surface area contributed by atoms with Gasteiger partial charge < -0.3 is 18.9 Å². The van der Waals surface area contributed by atoms with E-state index in [2.05, 4.69) is 13.8 Å². The summed E-state index contributed by atoms with van der Waals surface area (Å²) in [5.41, 5.74) is 2.59. The number of aromatic nitrogens is 2. The van der Waals surface area contributed by atoms with Gasteiger partial charge in [-0.15, -0.1) is 11.3 Å². The Hall–Kier alpha value is -3.01. The van der Waals surface area contributed by atoms with Gasteiger partial charge in [-0.1, -0.05) is 24.8 Å². The van der Waals surface area contributed by atoms with Crippen LogP contribution in [0.1, 0.15) is 36.3 Å². The van der Waals surface area contributed by atoms with Gasteiger partial charge in [0.2, 0.25) is 6.79 Å². The monoisotopic (exact) mass is 522 g/mol. The van der Waals surface area contributed by atoms with Crippen LogP contribution in [0.2, 0.25) is 0 Å². The van der Waals surface area contributed by atoms with Crippen molar-refractivity contribution in [3.05, 3.63) is 68.8 Å². The molecule has 2 aromatic heterocycles. The molecule has 0 N–H and O–H groups in total. The number of fused-ring (bicyclic) bond motifs is 4. The van der Waals surface area contributed by atoms with Crippen molar-refractivity contribution in [2.24, 2.45) is 0 Å². The fourth-order valence-electron chi connectivity index (χ4n) is 4.56. The highest BCUT2D eigenvalue weighted by molar-refractivity contribution is 7.98. The number of thioether (sulfide) groups is 1. The Kier molecular flexibility index (Phi) is 5.94. The van der Waals surface area contributed by atoms with Gasteiger partial charge in [-0.25, -0.2) is 4.98 Å². The summed E-state index contributed by atoms with van der Waals surface area (Å²) >= 11 is 3.10. The Morgan fingerprint density at radius 3 is 2.75 bits per heavy atom. The summed E-state index contributed by atoms with van der Waals surface area (Å²) in [6.45, 7) is 5.00. The molecule has 0 saturated heterocycles. The summed E-state index contributed by atoms with van der Waals surface area (Å²) in [6, 6.07) is 13.4. The first-order chi connectivity index (χ1) is 17.5. The molecule has 0 saturated carbocycles. The second-order valence-corrected chi connectivity index (χ2v) is 11.2. The molecule has 2 aliphatic heterocycles. The van der Waals surface area contributed by atoms with Crippen LogP contribution in [0.15, 0.2) is 52.4 Å². The Balaban J connectivity index is 1.46. The van der Waals surface area contributed by atoms with E-state index in [4.69, 9.17) is 23.9 Å². The van der Waals surface area contributed by atoms with Gasteiger partial charge in [-0.3, -0.25) is 9.36 Å². The molecule has 4 aromatic rings. The minimum absolute atomic E-state index is 0.0452. The summed E-state index contributed by atoms with van der Waals surface area (Å²) in [5, 5.41) is 1.36. The first-order valence-corrected chi connectivity index (χ1v) is 13.7. The van der Waals surface area contributed by atoms with Gasteiger partial charge in [0.25, 0.3) is 5.56 Å². The van der Waals surface area contributed by atoms with Crippen LogP contribution in [0.3, 0.4) is 0 Å². The molecule has 0 amide bonds. The van der Waals surface area contributed by atoms with Crippen molar-refractivity contribution >= 4 is 33.3 Å². The van der Waals surface area contributed by atoms with E-state index in [1.54, 1.807) is 23.0 Å². The van der Waals surface area contributed by atoms with Gasteiger partial charge in [-0.05, 0) is 60.9 Å². The normalized spacial score (nSPS) is 18.4. The second-order valence-electron chi connectivity index (χ2n) is 9.16. The quantitative estimate of drug-likeness (QED) is 0.237. The number of methoxy groups -OCH3 is 1. The van der Waals surface area contributed by atoms with Crippen LogP contribution in [-0.2, 0) is 23.5 Å². The van der Waals surface area contributed by atoms with Crippen LogP contribution in [0.25, 0.3) is 15.9 Å². The Labute approximate surface area is 217 Å². The van der Waals surface area contributed by atoms with Crippen LogP contribution in [-0.4, -0.2) is 29.1 Å². The fraction of sp³-hybridized carbons (Fsp3) is 0.333. The molecule has 36 heavy (non-hydrogen) atoms. The molecule has 0 aliphatic carbocycles. The topological polar surface area (TPSA) is 71.8 Å². The SMILES string of the molecule is CC[C@@]1(C)Cc2c(sc3nc(SCc4ccc5c(c4)OCO5)n(-c4ccc(OC)cc4)c(=O)c23)CO1. The van der Waals surface area contributed by atoms with E-state index >= 15 is 0 Å². The Morgan fingerprint density at radius 1 is 1.17 bits per heavy atom. The number of ether oxygens (including phenoxy) is 4. The second kappa shape index (κ2) is 9.14. The van der Waals surface area contributed by atoms with Gasteiger partial charge in [0.15, 0.2) is 16.7 Å². The molecule has 0 bridgehead atoms. The zero-order valence-electron chi connectivity index (χ0n) is 20.3. The summed E-state index contributed by atoms with van der Waals surface area (Å²) in [5.74, 6) is 2.87. The molecule has 0 spiro atoms. The minimum Gasteiger partial charge on any atom is -0.497 e. The summed E-state index contributed by atoms with van der Waals surface area (Å²) in [7, 11) is 1.63. The molecule has 2 aliphatic rings. The van der Waals surface area contributed by atoms with Crippen molar-refractivity contribution in [1.82, 2.24) is 9.55 Å². The number of nitrogens with zero attached hydrogens (tertiary/aromatic N) is 2. The highest BCUT2D eigenvalue weighted by Gasteiger charge is 2.33. The van der Waals surface area contributed by atoms with E-state index in [1.807, 2.05) is 42.5 Å². The standard InChI is InChI=1S/C27H26N2O5S2/c1-4-27(2)12-19-22(13-34-27)36-24-23(19)25(30)29(17-6-8-18(31-3)9-7-17)26(28-24)35-14-16-5-10-20-21(11-16)33-15-32-20/h5-11H,4,12-15H2,1-3H3/t27-/m0/s1. The molecule has 0 fully saturated rings. The van der Waals surface area contributed by atoms with Gasteiger partial charge >= 0.3 is 0 Å². The van der Waals surface area contributed by atoms with E-state index in [-0.39, 0.29) is 18.0 Å². The molecule has 9 heteroatoms. The third kappa shape index (κ3) is 4.05. The van der Waals surface area contributed by atoms with Crippen molar-refractivity contribution in [3.63, 3.8) is 0 Å². The van der Waals surface area contributed by atoms with Gasteiger partial charge in [0, 0.05) is 17.1 Å². The predicted molar refractivity (Wildman–Crippen MR) is 141 cm³/mol. The molecule has 1 atom stereocenters. The Bertz CT molecular complexity index is 1510. The number of rotatable bonds is 6. The largest absolute Gasteiger partial charge is 0.497 e. The Morgan fingerprint density at radius 2 is 1.97 bits per heavy atom. The summed E-state index contributed by atoms with van der Waals surface area (Å²) in [4.78, 5) is 21.0. The lowest BCUT2D eigenvalue weighted by Gasteiger charge is -2.32. The minimum atomic E-state index is -0.273. The summed E-state index contributed by atoms with van der Waals surface area (Å²) in [6.07, 6.45) is 1.59. The predicted octanol–water partition coefficient (Wildman–Crippen LogP) is 5.72. The zero-order chi connectivity index (χ0) is 24.9. The van der Waals surface area contributed by atoms with Crippen LogP contribution in [0, 0.1) is 0 Å². The highest BCUT2D eigenvalue weighted by atomic mass is 32.2. The number of hydrogen-bond acceptors (Lipinski definition) is 8. The van der Waals surface area contributed by atoms with Crippen LogP contribution in [0.5, 0.6) is 17.2 Å². The van der Waals surface area contributed by atoms with Gasteiger partial charge in [-0.2, -0.15) is 0 Å². The lowest BCUT2D eigenvalue weighted by molar-refractivity contribution is -0.0543. The van der Waals surface area contributed by atoms with Crippen LogP contribution < -0.4 is 19.8 Å². The third-order valence-corrected chi connectivity index (χ3v) is 8.97. The first-order valence-electron chi connectivity index (χ1n) is 11.8. The molecule has 0 radical (unpaired) electrons. The van der Waals surface area contributed by atoms with E-state index in [1.165, 1.54) is 11.8 Å². The number of benzene rings is 2. The summed E-state index contributed by atoms with van der Waals surface area (Å²) < 4.78 is 24.2. The van der Waals surface area contributed by atoms with E-state index in [0.717, 1.165) is 50.2 Å². The maximum atomic E-state index is 14.1. The molecule has 4 heterocycles. The smallest absolute Gasteiger partial charge is 0.267 e. The molecule has 7 nitrogen and oxygen atoms in total. The highest BCUT2D eigenvalue weighted by Crippen LogP contribution is 2.40. The average Bonchev–Trinajstić information content (AvgIpc) is 3.51. The molecule has 186 valence electrons. The van der Waals surface area contributed by atoms with Gasteiger partial charge in [0.1, 0.15) is 10.6 Å². The average molecular weight is 523 g/mol. The van der Waals surface area contributed by atoms with Crippen molar-refractivity contribution in [2.45, 2.75) is 49.8 Å². The van der Waals surface area contributed by atoms with Crippen LogP contribution >= 0.6 is 23.1 Å². The van der Waals surface area contributed by atoms with Crippen molar-refractivity contribution in [2.75, 3.05) is 13.9 Å². The maximum Gasteiger partial charge on any atom is 0.267 e. The maximum absolute atomic E-state index is 14.1.